The number of nitrogens with zero attached hydrogens (tertiary/aromatic N) is 1. The number of hydrogen-bond acceptors (Lipinski definition) is 4. The van der Waals surface area contributed by atoms with E-state index in [1.165, 1.54) is 0 Å². The number of methoxy groups -OCH3 is 2. The lowest BCUT2D eigenvalue weighted by molar-refractivity contribution is -0.0259. The lowest BCUT2D eigenvalue weighted by Crippen LogP contribution is -2.48. The Kier molecular flexibility index (Phi) is 1.69. The van der Waals surface area contributed by atoms with Crippen molar-refractivity contribution in [2.75, 3.05) is 27.1 Å². The molecule has 0 saturated carbocycles. The predicted octanol–water partition coefficient (Wildman–Crippen LogP) is 3.42. The second-order valence-corrected chi connectivity index (χ2v) is 5.99. The van der Waals surface area contributed by atoms with Crippen molar-refractivity contribution in [1.29, 1.82) is 0 Å². The van der Waals surface area contributed by atoms with Gasteiger partial charge in [-0.1, -0.05) is 20.6 Å². The lowest BCUT2D eigenvalue weighted by atomic mass is 9.75. The van der Waals surface area contributed by atoms with Gasteiger partial charge in [0.05, 0.1) is 24.4 Å². The van der Waals surface area contributed by atoms with Crippen molar-refractivity contribution in [2.45, 2.75) is 51.9 Å². The average Bonchev–Trinajstić information content (AvgIpc) is 2.72. The van der Waals surface area contributed by atoms with E-state index < -0.39 is 82.1 Å². The van der Waals surface area contributed by atoms with E-state index in [9.17, 15) is 5.11 Å². The maximum absolute atomic E-state index is 11.2. The molecule has 0 aliphatic carbocycles. The zero-order valence-electron chi connectivity index (χ0n) is 30.3. The van der Waals surface area contributed by atoms with Crippen molar-refractivity contribution in [2.24, 2.45) is 11.3 Å². The van der Waals surface area contributed by atoms with Crippen LogP contribution in [-0.4, -0.2) is 43.3 Å². The van der Waals surface area contributed by atoms with Crippen LogP contribution in [0.2, 0.25) is 0 Å². The van der Waals surface area contributed by atoms with Crippen LogP contribution >= 0.6 is 0 Å². The number of aliphatic hydroxyl groups is 1. The monoisotopic (exact) mass is 350 g/mol. The Bertz CT molecular complexity index is 1160. The summed E-state index contributed by atoms with van der Waals surface area (Å²) in [6.45, 7) is -13.2. The van der Waals surface area contributed by atoms with Gasteiger partial charge in [0.2, 0.25) is 0 Å². The molecule has 2 aliphatic heterocycles. The zero-order chi connectivity index (χ0) is 32.2. The molecule has 4 heteroatoms. The highest BCUT2D eigenvalue weighted by atomic mass is 16.5. The van der Waals surface area contributed by atoms with Gasteiger partial charge in [-0.2, -0.15) is 0 Å². The van der Waals surface area contributed by atoms with Crippen LogP contribution in [0.1, 0.15) is 73.9 Å². The highest BCUT2D eigenvalue weighted by Gasteiger charge is 2.39. The molecule has 3 atom stereocenters. The van der Waals surface area contributed by atoms with Crippen LogP contribution in [0.3, 0.4) is 0 Å². The first-order valence-corrected chi connectivity index (χ1v) is 7.40. The van der Waals surface area contributed by atoms with Crippen molar-refractivity contribution in [3.05, 3.63) is 23.3 Å². The second kappa shape index (κ2) is 6.57. The molecule has 4 nitrogen and oxygen atoms in total. The molecule has 0 amide bonds. The van der Waals surface area contributed by atoms with E-state index in [4.69, 9.17) is 32.8 Å². The van der Waals surface area contributed by atoms with E-state index in [0.717, 1.165) is 19.2 Å². The summed E-state index contributed by atoms with van der Waals surface area (Å²) in [5.41, 5.74) is -3.83. The number of hydrogen-bond donors (Lipinski definition) is 1. The predicted molar refractivity (Wildman–Crippen MR) is 95.7 cm³/mol. The van der Waals surface area contributed by atoms with Gasteiger partial charge in [0.1, 0.15) is 0 Å². The minimum absolute atomic E-state index is 0.193. The number of aryl methyl sites for hydroxylation is 1. The first-order valence-electron chi connectivity index (χ1n) is 15.9. The average molecular weight is 351 g/mol. The molecule has 1 N–H and O–H groups in total. The van der Waals surface area contributed by atoms with Crippen LogP contribution in [0.4, 0.5) is 0 Å². The highest BCUT2D eigenvalue weighted by molar-refractivity contribution is 5.49. The Labute approximate surface area is 169 Å². The molecule has 3 rings (SSSR count). The SMILES string of the molecule is [2H]C([2H])([2H])Oc1cc2c(cc1OC)C([2H])([2H])C([2H])([2H])N1C2CC(O)C(C([2H])([2H])C(C)(C([2H])([2H])[2H])C([2H])([2H])[2H])C1([2H])[2H]. The minimum Gasteiger partial charge on any atom is -0.493 e. The summed E-state index contributed by atoms with van der Waals surface area (Å²) < 4.78 is 150. The van der Waals surface area contributed by atoms with Gasteiger partial charge < -0.3 is 14.6 Å². The Balaban J connectivity index is 2.33. The Morgan fingerprint density at radius 3 is 2.92 bits per heavy atom. The van der Waals surface area contributed by atoms with Crippen LogP contribution in [0.25, 0.3) is 0 Å². The van der Waals surface area contributed by atoms with Crippen molar-refractivity contribution >= 4 is 0 Å². The summed E-state index contributed by atoms with van der Waals surface area (Å²) in [6.07, 6.45) is -9.43. The van der Waals surface area contributed by atoms with Crippen molar-refractivity contribution in [3.8, 4) is 11.5 Å². The Hall–Kier alpha value is -1.26. The van der Waals surface area contributed by atoms with Gasteiger partial charge in [-0.15, -0.1) is 0 Å². The van der Waals surface area contributed by atoms with E-state index in [-0.39, 0.29) is 16.9 Å². The number of piperidine rings is 1. The number of rotatable bonds is 3. The maximum atomic E-state index is 11.2. The number of aliphatic hydroxyl groups excluding tert-OH is 1. The van der Waals surface area contributed by atoms with E-state index >= 15 is 0 Å². The van der Waals surface area contributed by atoms with Crippen molar-refractivity contribution in [3.63, 3.8) is 0 Å². The molecule has 2 aliphatic rings. The molecule has 1 fully saturated rings. The minimum atomic E-state index is -3.55. The summed E-state index contributed by atoms with van der Waals surface area (Å²) in [7, 11) is -1.86. The molecule has 0 aromatic heterocycles. The molecular formula is C20H31NO3. The summed E-state index contributed by atoms with van der Waals surface area (Å²) in [5, 5.41) is 11.2. The molecule has 1 aromatic rings. The standard InChI is InChI=1S/C20H31NO3/c1-20(2,3)11-14-12-21-7-6-13-8-18(23-4)19(24-5)9-15(13)16(21)10-17(14)22/h8-9,14,16-17,22H,6-7,10-12H2,1-5H3/i1D3,2D3,5D3,6D2,7D2,11D2,12D2. The van der Waals surface area contributed by atoms with Crippen LogP contribution in [0.15, 0.2) is 12.1 Å². The third kappa shape index (κ3) is 3.40. The zero-order valence-corrected chi connectivity index (χ0v) is 13.3. The maximum Gasteiger partial charge on any atom is 0.161 e. The van der Waals surface area contributed by atoms with E-state index in [1.807, 2.05) is 0 Å². The second-order valence-electron chi connectivity index (χ2n) is 5.99. The van der Waals surface area contributed by atoms with Gasteiger partial charge in [-0.25, -0.2) is 0 Å². The third-order valence-electron chi connectivity index (χ3n) is 4.00. The van der Waals surface area contributed by atoms with Gasteiger partial charge in [-0.05, 0) is 53.8 Å². The molecule has 1 aromatic carbocycles. The summed E-state index contributed by atoms with van der Waals surface area (Å²) in [5.74, 6) is -3.19. The van der Waals surface area contributed by atoms with Crippen molar-refractivity contribution in [1.82, 2.24) is 4.90 Å². The number of benzene rings is 1. The van der Waals surface area contributed by atoms with Gasteiger partial charge >= 0.3 is 0 Å². The quantitative estimate of drug-likeness (QED) is 0.907. The van der Waals surface area contributed by atoms with E-state index in [0.29, 0.717) is 11.8 Å². The fourth-order valence-corrected chi connectivity index (χ4v) is 2.93. The van der Waals surface area contributed by atoms with E-state index in [2.05, 4.69) is 0 Å². The molecule has 0 radical (unpaired) electrons. The van der Waals surface area contributed by atoms with Crippen LogP contribution < -0.4 is 9.47 Å². The first kappa shape index (κ1) is 6.17. The lowest BCUT2D eigenvalue weighted by Gasteiger charge is -2.47. The van der Waals surface area contributed by atoms with Gasteiger partial charge in [0.25, 0.3) is 0 Å². The van der Waals surface area contributed by atoms with Gasteiger partial charge in [-0.3, -0.25) is 4.90 Å². The van der Waals surface area contributed by atoms with Crippen molar-refractivity contribution < 1.29 is 37.9 Å². The Morgan fingerprint density at radius 1 is 1.42 bits per heavy atom. The van der Waals surface area contributed by atoms with E-state index in [1.54, 1.807) is 0 Å². The molecule has 1 saturated heterocycles. The molecule has 0 bridgehead atoms. The number of ether oxygens (including phenoxy) is 2. The topological polar surface area (TPSA) is 41.9 Å². The van der Waals surface area contributed by atoms with Gasteiger partial charge in [0, 0.05) is 38.2 Å². The third-order valence-corrected chi connectivity index (χ3v) is 4.00. The molecule has 2 heterocycles. The molecule has 0 spiro atoms. The normalized spacial score (nSPS) is 46.3. The largest absolute Gasteiger partial charge is 0.493 e. The molecular weight excluding hydrogens is 302 g/mol. The molecule has 3 unspecified atom stereocenters. The summed E-state index contributed by atoms with van der Waals surface area (Å²) >= 11 is 0. The number of fused-ring (bicyclic) bond motifs is 3. The van der Waals surface area contributed by atoms with Gasteiger partial charge in [0.15, 0.2) is 11.5 Å². The summed E-state index contributed by atoms with van der Waals surface area (Å²) in [6, 6.07) is 0.453. The molecule has 24 heavy (non-hydrogen) atoms. The fourth-order valence-electron chi connectivity index (χ4n) is 2.93. The molecule has 134 valence electrons. The van der Waals surface area contributed by atoms with Crippen LogP contribution in [0, 0.1) is 11.3 Å². The summed E-state index contributed by atoms with van der Waals surface area (Å²) in [4.78, 5) is 0.322. The first-order chi connectivity index (χ1) is 18.0. The van der Waals surface area contributed by atoms with Crippen LogP contribution in [0.5, 0.6) is 11.5 Å². The Morgan fingerprint density at radius 2 is 2.21 bits per heavy atom. The smallest absolute Gasteiger partial charge is 0.161 e. The van der Waals surface area contributed by atoms with Crippen LogP contribution in [-0.2, 0) is 6.37 Å². The fraction of sp³-hybridized carbons (Fsp3) is 0.700. The highest BCUT2D eigenvalue weighted by Crippen LogP contribution is 2.44.